The molecule has 0 saturated carbocycles. The summed E-state index contributed by atoms with van der Waals surface area (Å²) in [6.07, 6.45) is 0. The number of nitrogens with zero attached hydrogens (tertiary/aromatic N) is 1. The zero-order valence-electron chi connectivity index (χ0n) is 8.56. The van der Waals surface area contributed by atoms with Crippen molar-refractivity contribution >= 4 is 50.9 Å². The zero-order valence-corrected chi connectivity index (χ0v) is 12.9. The molecule has 17 heavy (non-hydrogen) atoms. The van der Waals surface area contributed by atoms with Crippen LogP contribution in [0.25, 0.3) is 11.1 Å². The van der Waals surface area contributed by atoms with Crippen LogP contribution in [0.15, 0.2) is 42.5 Å². The van der Waals surface area contributed by atoms with Gasteiger partial charge in [0.15, 0.2) is 0 Å². The second-order valence-corrected chi connectivity index (χ2v) is 5.92. The molecule has 0 spiro atoms. The molecular weight excluding hydrogens is 444 g/mol. The molecule has 0 amide bonds. The van der Waals surface area contributed by atoms with Gasteiger partial charge in [-0.1, -0.05) is 12.1 Å². The monoisotopic (exact) mass is 451 g/mol. The Hall–Kier alpha value is -0.700. The summed E-state index contributed by atoms with van der Waals surface area (Å²) in [6.45, 7) is 0. The summed E-state index contributed by atoms with van der Waals surface area (Å²) in [5.41, 5.74) is 1.68. The predicted octanol–water partition coefficient (Wildman–Crippen LogP) is 4.47. The lowest BCUT2D eigenvalue weighted by atomic mass is 10.0. The molecule has 2 aromatic rings. The number of rotatable bonds is 2. The molecule has 5 heteroatoms. The fourth-order valence-corrected chi connectivity index (χ4v) is 2.36. The third-order valence-corrected chi connectivity index (χ3v) is 3.70. The highest BCUT2D eigenvalue weighted by molar-refractivity contribution is 14.1. The van der Waals surface area contributed by atoms with E-state index in [9.17, 15) is 10.1 Å². The van der Waals surface area contributed by atoms with Gasteiger partial charge in [-0.05, 0) is 75.0 Å². The van der Waals surface area contributed by atoms with Crippen LogP contribution in [0, 0.1) is 17.3 Å². The van der Waals surface area contributed by atoms with Gasteiger partial charge in [-0.15, -0.1) is 0 Å². The third-order valence-electron chi connectivity index (χ3n) is 2.31. The summed E-state index contributed by atoms with van der Waals surface area (Å²) in [7, 11) is 0. The summed E-state index contributed by atoms with van der Waals surface area (Å²) >= 11 is 4.28. The van der Waals surface area contributed by atoms with E-state index in [1.165, 1.54) is 0 Å². The normalized spacial score (nSPS) is 10.2. The molecule has 2 rings (SSSR count). The lowest BCUT2D eigenvalue weighted by molar-refractivity contribution is -0.384. The molecule has 0 aliphatic heterocycles. The standard InChI is InChI=1S/C12H7I2NO2/c13-9-3-1-8(2-4-9)11-6-5-10(14)7-12(11)15(16)17/h1-7H. The summed E-state index contributed by atoms with van der Waals surface area (Å²) in [5, 5.41) is 11.0. The van der Waals surface area contributed by atoms with Crippen molar-refractivity contribution in [1.29, 1.82) is 0 Å². The van der Waals surface area contributed by atoms with E-state index in [1.54, 1.807) is 12.1 Å². The second-order valence-electron chi connectivity index (χ2n) is 3.43. The van der Waals surface area contributed by atoms with Gasteiger partial charge in [0.25, 0.3) is 5.69 Å². The average molecular weight is 451 g/mol. The Morgan fingerprint density at radius 2 is 1.53 bits per heavy atom. The number of nitro groups is 1. The molecule has 0 bridgehead atoms. The summed E-state index contributed by atoms with van der Waals surface area (Å²) < 4.78 is 1.98. The Labute approximate surface area is 126 Å². The maximum atomic E-state index is 11.0. The van der Waals surface area contributed by atoms with Gasteiger partial charge < -0.3 is 0 Å². The van der Waals surface area contributed by atoms with Crippen molar-refractivity contribution in [3.05, 3.63) is 59.7 Å². The van der Waals surface area contributed by atoms with Crippen molar-refractivity contribution in [2.45, 2.75) is 0 Å². The third kappa shape index (κ3) is 2.95. The lowest BCUT2D eigenvalue weighted by Gasteiger charge is -2.04. The van der Waals surface area contributed by atoms with E-state index in [4.69, 9.17) is 0 Å². The van der Waals surface area contributed by atoms with Gasteiger partial charge in [0.2, 0.25) is 0 Å². The first-order valence-corrected chi connectivity index (χ1v) is 6.93. The quantitative estimate of drug-likeness (QED) is 0.385. The van der Waals surface area contributed by atoms with Gasteiger partial charge >= 0.3 is 0 Å². The largest absolute Gasteiger partial charge is 0.278 e. The highest BCUT2D eigenvalue weighted by Crippen LogP contribution is 2.31. The van der Waals surface area contributed by atoms with E-state index in [1.807, 2.05) is 30.3 Å². The molecular formula is C12H7I2NO2. The first-order valence-electron chi connectivity index (χ1n) is 4.78. The van der Waals surface area contributed by atoms with Crippen molar-refractivity contribution in [3.8, 4) is 11.1 Å². The molecule has 0 aliphatic rings. The summed E-state index contributed by atoms with van der Waals surface area (Å²) in [4.78, 5) is 10.7. The van der Waals surface area contributed by atoms with E-state index >= 15 is 0 Å². The minimum atomic E-state index is -0.338. The Balaban J connectivity index is 2.58. The van der Waals surface area contributed by atoms with Crippen LogP contribution in [0.3, 0.4) is 0 Å². The number of benzene rings is 2. The SMILES string of the molecule is O=[N+]([O-])c1cc(I)ccc1-c1ccc(I)cc1. The Morgan fingerprint density at radius 1 is 0.941 bits per heavy atom. The van der Waals surface area contributed by atoms with Crippen LogP contribution in [0.4, 0.5) is 5.69 Å². The number of nitro benzene ring substituents is 1. The van der Waals surface area contributed by atoms with E-state index < -0.39 is 0 Å². The molecule has 0 aromatic heterocycles. The van der Waals surface area contributed by atoms with Crippen molar-refractivity contribution in [1.82, 2.24) is 0 Å². The Morgan fingerprint density at radius 3 is 2.12 bits per heavy atom. The van der Waals surface area contributed by atoms with Crippen molar-refractivity contribution in [2.24, 2.45) is 0 Å². The molecule has 0 fully saturated rings. The fraction of sp³-hybridized carbons (Fsp3) is 0. The molecule has 2 aromatic carbocycles. The van der Waals surface area contributed by atoms with Crippen LogP contribution >= 0.6 is 45.2 Å². The van der Waals surface area contributed by atoms with Crippen LogP contribution in [0.5, 0.6) is 0 Å². The minimum Gasteiger partial charge on any atom is -0.258 e. The fourth-order valence-electron chi connectivity index (χ4n) is 1.53. The van der Waals surface area contributed by atoms with Crippen LogP contribution in [0.1, 0.15) is 0 Å². The summed E-state index contributed by atoms with van der Waals surface area (Å²) in [6, 6.07) is 12.9. The van der Waals surface area contributed by atoms with E-state index in [0.717, 1.165) is 12.7 Å². The van der Waals surface area contributed by atoms with Gasteiger partial charge in [0.05, 0.1) is 10.5 Å². The molecule has 0 heterocycles. The van der Waals surface area contributed by atoms with Gasteiger partial charge in [-0.2, -0.15) is 0 Å². The number of hydrogen-bond acceptors (Lipinski definition) is 2. The number of halogens is 2. The van der Waals surface area contributed by atoms with E-state index in [-0.39, 0.29) is 10.6 Å². The van der Waals surface area contributed by atoms with Gasteiger partial charge in [0.1, 0.15) is 0 Å². The maximum absolute atomic E-state index is 11.0. The topological polar surface area (TPSA) is 43.1 Å². The van der Waals surface area contributed by atoms with Gasteiger partial charge in [0, 0.05) is 13.2 Å². The predicted molar refractivity (Wildman–Crippen MR) is 84.0 cm³/mol. The first kappa shape index (κ1) is 12.7. The minimum absolute atomic E-state index is 0.151. The molecule has 0 aliphatic carbocycles. The van der Waals surface area contributed by atoms with Gasteiger partial charge in [-0.25, -0.2) is 0 Å². The van der Waals surface area contributed by atoms with Crippen LogP contribution in [-0.2, 0) is 0 Å². The molecule has 0 atom stereocenters. The van der Waals surface area contributed by atoms with Gasteiger partial charge in [-0.3, -0.25) is 10.1 Å². The molecule has 86 valence electrons. The van der Waals surface area contributed by atoms with Crippen LogP contribution in [0.2, 0.25) is 0 Å². The lowest BCUT2D eigenvalue weighted by Crippen LogP contribution is -1.92. The highest BCUT2D eigenvalue weighted by Gasteiger charge is 2.15. The van der Waals surface area contributed by atoms with E-state index in [0.29, 0.717) is 5.56 Å². The van der Waals surface area contributed by atoms with Crippen LogP contribution in [-0.4, -0.2) is 4.92 Å². The van der Waals surface area contributed by atoms with Crippen molar-refractivity contribution in [3.63, 3.8) is 0 Å². The smallest absolute Gasteiger partial charge is 0.258 e. The van der Waals surface area contributed by atoms with E-state index in [2.05, 4.69) is 45.2 Å². The molecule has 0 radical (unpaired) electrons. The Bertz CT molecular complexity index is 567. The van der Waals surface area contributed by atoms with Crippen molar-refractivity contribution in [2.75, 3.05) is 0 Å². The Kier molecular flexibility index (Phi) is 3.97. The molecule has 0 N–H and O–H groups in total. The highest BCUT2D eigenvalue weighted by atomic mass is 127. The number of hydrogen-bond donors (Lipinski definition) is 0. The molecule has 0 unspecified atom stereocenters. The second kappa shape index (κ2) is 5.30. The van der Waals surface area contributed by atoms with Crippen molar-refractivity contribution < 1.29 is 4.92 Å². The molecule has 3 nitrogen and oxygen atoms in total. The summed E-state index contributed by atoms with van der Waals surface area (Å²) in [5.74, 6) is 0. The zero-order chi connectivity index (χ0) is 12.4. The first-order chi connectivity index (χ1) is 8.08. The maximum Gasteiger partial charge on any atom is 0.278 e. The molecule has 0 saturated heterocycles. The van der Waals surface area contributed by atoms with Crippen LogP contribution < -0.4 is 0 Å². The average Bonchev–Trinajstić information content (AvgIpc) is 2.30.